The molecule has 1 aromatic carbocycles. The van der Waals surface area contributed by atoms with Gasteiger partial charge in [0, 0.05) is 16.6 Å². The smallest absolute Gasteiger partial charge is 0.315 e. The zero-order valence-electron chi connectivity index (χ0n) is 8.74. The zero-order chi connectivity index (χ0) is 12.7. The maximum Gasteiger partial charge on any atom is 0.399 e. The molecule has 1 aliphatic heterocycles. The minimum atomic E-state index is -4.33. The van der Waals surface area contributed by atoms with Crippen molar-refractivity contribution in [3.05, 3.63) is 33.8 Å². The van der Waals surface area contributed by atoms with E-state index < -0.39 is 11.6 Å². The van der Waals surface area contributed by atoms with Crippen molar-refractivity contribution in [2.75, 3.05) is 13.1 Å². The fourth-order valence-electron chi connectivity index (χ4n) is 2.19. The molecule has 2 rings (SSSR count). The van der Waals surface area contributed by atoms with Gasteiger partial charge in [-0.05, 0) is 30.7 Å². The minimum absolute atomic E-state index is 0.00213. The summed E-state index contributed by atoms with van der Waals surface area (Å²) >= 11 is 11.6. The van der Waals surface area contributed by atoms with Crippen molar-refractivity contribution < 1.29 is 13.2 Å². The van der Waals surface area contributed by atoms with Crippen LogP contribution in [0.4, 0.5) is 13.2 Å². The normalized spacial score (nSPS) is 25.2. The molecule has 94 valence electrons. The van der Waals surface area contributed by atoms with Crippen LogP contribution in [0.5, 0.6) is 0 Å². The Labute approximate surface area is 107 Å². The van der Waals surface area contributed by atoms with Gasteiger partial charge >= 0.3 is 6.18 Å². The Morgan fingerprint density at radius 3 is 2.41 bits per heavy atom. The molecule has 1 saturated heterocycles. The zero-order valence-corrected chi connectivity index (χ0v) is 10.3. The first-order chi connectivity index (χ1) is 7.87. The van der Waals surface area contributed by atoms with Crippen LogP contribution in [0.25, 0.3) is 0 Å². The van der Waals surface area contributed by atoms with Gasteiger partial charge in [0.25, 0.3) is 0 Å². The molecule has 1 fully saturated rings. The van der Waals surface area contributed by atoms with Crippen LogP contribution in [0.15, 0.2) is 18.2 Å². The molecule has 1 nitrogen and oxygen atoms in total. The van der Waals surface area contributed by atoms with Crippen molar-refractivity contribution in [2.24, 2.45) is 0 Å². The first-order valence-electron chi connectivity index (χ1n) is 5.10. The fourth-order valence-corrected chi connectivity index (χ4v) is 2.78. The molecule has 6 heteroatoms. The van der Waals surface area contributed by atoms with Crippen molar-refractivity contribution in [2.45, 2.75) is 18.0 Å². The lowest BCUT2D eigenvalue weighted by Gasteiger charge is -2.32. The number of hydrogen-bond acceptors (Lipinski definition) is 1. The van der Waals surface area contributed by atoms with E-state index in [9.17, 15) is 13.2 Å². The summed E-state index contributed by atoms with van der Waals surface area (Å²) in [7, 11) is 0. The van der Waals surface area contributed by atoms with Gasteiger partial charge in [-0.2, -0.15) is 13.2 Å². The molecule has 0 amide bonds. The van der Waals surface area contributed by atoms with Gasteiger partial charge in [0.2, 0.25) is 0 Å². The maximum atomic E-state index is 13.3. The van der Waals surface area contributed by atoms with Crippen molar-refractivity contribution in [1.29, 1.82) is 0 Å². The monoisotopic (exact) mass is 283 g/mol. The Bertz CT molecular complexity index is 425. The maximum absolute atomic E-state index is 13.3. The van der Waals surface area contributed by atoms with Gasteiger partial charge < -0.3 is 5.32 Å². The second-order valence-electron chi connectivity index (χ2n) is 4.13. The predicted octanol–water partition coefficient (Wildman–Crippen LogP) is 3.79. The van der Waals surface area contributed by atoms with E-state index in [1.807, 2.05) is 0 Å². The van der Waals surface area contributed by atoms with Gasteiger partial charge in [0.15, 0.2) is 0 Å². The van der Waals surface area contributed by atoms with E-state index in [1.165, 1.54) is 18.2 Å². The molecule has 0 saturated carbocycles. The molecule has 1 aromatic rings. The van der Waals surface area contributed by atoms with Crippen LogP contribution >= 0.6 is 23.2 Å². The molecule has 0 radical (unpaired) electrons. The molecule has 0 spiro atoms. The molecule has 17 heavy (non-hydrogen) atoms. The minimum Gasteiger partial charge on any atom is -0.315 e. The lowest BCUT2D eigenvalue weighted by atomic mass is 9.79. The van der Waals surface area contributed by atoms with Gasteiger partial charge in [0.05, 0.1) is 0 Å². The summed E-state index contributed by atoms with van der Waals surface area (Å²) in [5.41, 5.74) is -1.80. The van der Waals surface area contributed by atoms with Crippen LogP contribution < -0.4 is 5.32 Å². The second kappa shape index (κ2) is 4.34. The average molecular weight is 284 g/mol. The first-order valence-corrected chi connectivity index (χ1v) is 5.85. The van der Waals surface area contributed by atoms with Crippen LogP contribution in [0.1, 0.15) is 12.0 Å². The Morgan fingerprint density at radius 1 is 1.24 bits per heavy atom. The van der Waals surface area contributed by atoms with E-state index in [1.54, 1.807) is 0 Å². The number of halogens is 5. The number of benzene rings is 1. The largest absolute Gasteiger partial charge is 0.399 e. The van der Waals surface area contributed by atoms with Crippen LogP contribution in [-0.4, -0.2) is 19.3 Å². The van der Waals surface area contributed by atoms with E-state index in [2.05, 4.69) is 5.32 Å². The lowest BCUT2D eigenvalue weighted by Crippen LogP contribution is -2.44. The first kappa shape index (κ1) is 13.0. The lowest BCUT2D eigenvalue weighted by molar-refractivity contribution is -0.184. The summed E-state index contributed by atoms with van der Waals surface area (Å²) < 4.78 is 39.8. The van der Waals surface area contributed by atoms with Gasteiger partial charge in [-0.15, -0.1) is 0 Å². The van der Waals surface area contributed by atoms with Crippen molar-refractivity contribution in [3.63, 3.8) is 0 Å². The SMILES string of the molecule is FC(F)(F)[C@]1(c2ccc(Cl)cc2Cl)CCNC1. The van der Waals surface area contributed by atoms with Gasteiger partial charge in [-0.1, -0.05) is 29.3 Å². The molecular formula is C11H10Cl2F3N. The van der Waals surface area contributed by atoms with Crippen molar-refractivity contribution >= 4 is 23.2 Å². The molecule has 1 aliphatic rings. The Balaban J connectivity index is 2.54. The van der Waals surface area contributed by atoms with E-state index in [4.69, 9.17) is 23.2 Å². The number of nitrogens with one attached hydrogen (secondary N) is 1. The third kappa shape index (κ3) is 2.14. The summed E-state index contributed by atoms with van der Waals surface area (Å²) in [6.07, 6.45) is -4.33. The third-order valence-electron chi connectivity index (χ3n) is 3.14. The number of hydrogen-bond donors (Lipinski definition) is 1. The summed E-state index contributed by atoms with van der Waals surface area (Å²) in [5.74, 6) is 0. The van der Waals surface area contributed by atoms with Crippen LogP contribution in [-0.2, 0) is 5.41 Å². The number of rotatable bonds is 1. The Kier molecular flexibility index (Phi) is 3.31. The van der Waals surface area contributed by atoms with E-state index in [0.717, 1.165) is 0 Å². The summed E-state index contributed by atoms with van der Waals surface area (Å²) in [4.78, 5) is 0. The van der Waals surface area contributed by atoms with E-state index >= 15 is 0 Å². The highest BCUT2D eigenvalue weighted by atomic mass is 35.5. The molecule has 0 bridgehead atoms. The summed E-state index contributed by atoms with van der Waals surface area (Å²) in [6.45, 7) is 0.191. The highest BCUT2D eigenvalue weighted by molar-refractivity contribution is 6.35. The third-order valence-corrected chi connectivity index (χ3v) is 3.69. The topological polar surface area (TPSA) is 12.0 Å². The number of alkyl halides is 3. The molecule has 0 unspecified atom stereocenters. The van der Waals surface area contributed by atoms with Crippen molar-refractivity contribution in [3.8, 4) is 0 Å². The average Bonchev–Trinajstić information content (AvgIpc) is 2.66. The van der Waals surface area contributed by atoms with E-state index in [0.29, 0.717) is 11.6 Å². The predicted molar refractivity (Wildman–Crippen MR) is 61.7 cm³/mol. The summed E-state index contributed by atoms with van der Waals surface area (Å²) in [6, 6.07) is 4.16. The van der Waals surface area contributed by atoms with Crippen molar-refractivity contribution in [1.82, 2.24) is 5.32 Å². The molecule has 1 atom stereocenters. The second-order valence-corrected chi connectivity index (χ2v) is 4.97. The Morgan fingerprint density at radius 2 is 1.94 bits per heavy atom. The Hall–Kier alpha value is -0.450. The summed E-state index contributed by atoms with van der Waals surface area (Å²) in [5, 5.41) is 3.15. The van der Waals surface area contributed by atoms with Crippen LogP contribution in [0.3, 0.4) is 0 Å². The van der Waals surface area contributed by atoms with Gasteiger partial charge in [-0.3, -0.25) is 0 Å². The molecule has 0 aliphatic carbocycles. The highest BCUT2D eigenvalue weighted by Gasteiger charge is 2.57. The van der Waals surface area contributed by atoms with Gasteiger partial charge in [-0.25, -0.2) is 0 Å². The van der Waals surface area contributed by atoms with E-state index in [-0.39, 0.29) is 23.6 Å². The van der Waals surface area contributed by atoms with Crippen LogP contribution in [0.2, 0.25) is 10.0 Å². The fraction of sp³-hybridized carbons (Fsp3) is 0.455. The highest BCUT2D eigenvalue weighted by Crippen LogP contribution is 2.47. The molecular weight excluding hydrogens is 274 g/mol. The standard InChI is InChI=1S/C11H10Cl2F3N/c12-7-1-2-8(9(13)5-7)10(11(14,15)16)3-4-17-6-10/h1-2,5,17H,3-4,6H2/t10-/m1/s1. The quantitative estimate of drug-likeness (QED) is 0.827. The van der Waals surface area contributed by atoms with Crippen LogP contribution in [0, 0.1) is 0 Å². The van der Waals surface area contributed by atoms with Gasteiger partial charge in [0.1, 0.15) is 5.41 Å². The molecule has 1 heterocycles. The molecule has 0 aromatic heterocycles. The molecule has 1 N–H and O–H groups in total.